The van der Waals surface area contributed by atoms with Gasteiger partial charge in [-0.25, -0.2) is 0 Å². The van der Waals surface area contributed by atoms with Gasteiger partial charge in [0.05, 0.1) is 11.5 Å². The summed E-state index contributed by atoms with van der Waals surface area (Å²) in [5.74, 6) is 0.0448. The van der Waals surface area contributed by atoms with Crippen LogP contribution < -0.4 is 14.9 Å². The maximum atomic E-state index is 12.9. The van der Waals surface area contributed by atoms with Crippen LogP contribution in [-0.4, -0.2) is 32.9 Å². The van der Waals surface area contributed by atoms with Crippen molar-refractivity contribution in [3.05, 3.63) is 94.4 Å². The molecule has 0 radical (unpaired) electrons. The van der Waals surface area contributed by atoms with E-state index in [0.717, 1.165) is 22.3 Å². The molecule has 0 spiro atoms. The molecule has 9 heteroatoms. The van der Waals surface area contributed by atoms with Crippen molar-refractivity contribution < 1.29 is 24.2 Å². The number of amides is 2. The zero-order valence-corrected chi connectivity index (χ0v) is 20.4. The first-order chi connectivity index (χ1) is 16.9. The Morgan fingerprint density at radius 3 is 2.54 bits per heavy atom. The molecule has 4 rings (SSSR count). The molecule has 0 aliphatic carbocycles. The predicted molar refractivity (Wildman–Crippen MR) is 139 cm³/mol. The summed E-state index contributed by atoms with van der Waals surface area (Å²) in [6.07, 6.45) is 1.63. The van der Waals surface area contributed by atoms with Gasteiger partial charge in [0, 0.05) is 5.56 Å². The summed E-state index contributed by atoms with van der Waals surface area (Å²) in [5.41, 5.74) is 4.62. The van der Waals surface area contributed by atoms with Gasteiger partial charge in [-0.05, 0) is 72.7 Å². The number of carbonyl (C=O) groups excluding carboxylic acids is 2. The van der Waals surface area contributed by atoms with Crippen LogP contribution in [0.25, 0.3) is 6.08 Å². The topological polar surface area (TPSA) is 88.1 Å². The van der Waals surface area contributed by atoms with Crippen molar-refractivity contribution in [3.8, 4) is 17.2 Å². The van der Waals surface area contributed by atoms with Crippen LogP contribution in [0.15, 0.2) is 77.7 Å². The summed E-state index contributed by atoms with van der Waals surface area (Å²) in [4.78, 5) is 25.9. The number of thioether (sulfide) groups is 1. The number of benzene rings is 3. The van der Waals surface area contributed by atoms with Crippen LogP contribution >= 0.6 is 24.0 Å². The first kappa shape index (κ1) is 24.3. The summed E-state index contributed by atoms with van der Waals surface area (Å²) >= 11 is 6.37. The normalized spacial score (nSPS) is 14.3. The summed E-state index contributed by atoms with van der Waals surface area (Å²) in [6.45, 7) is 2.62. The highest BCUT2D eigenvalue weighted by Gasteiger charge is 2.33. The maximum Gasteiger partial charge on any atom is 0.285 e. The SMILES string of the molecule is CCOc1cc(C=C2SC(=S)N(NC(=O)c3ccc(OCc4ccccc4)cc3)C2=O)ccc1O. The fourth-order valence-electron chi connectivity index (χ4n) is 3.22. The van der Waals surface area contributed by atoms with E-state index in [1.807, 2.05) is 37.3 Å². The molecule has 0 atom stereocenters. The summed E-state index contributed by atoms with van der Waals surface area (Å²) < 4.78 is 11.3. The van der Waals surface area contributed by atoms with Gasteiger partial charge < -0.3 is 14.6 Å². The molecule has 1 saturated heterocycles. The lowest BCUT2D eigenvalue weighted by Gasteiger charge is -2.15. The Morgan fingerprint density at radius 2 is 1.83 bits per heavy atom. The fourth-order valence-corrected chi connectivity index (χ4v) is 4.40. The van der Waals surface area contributed by atoms with E-state index >= 15 is 0 Å². The van der Waals surface area contributed by atoms with Crippen molar-refractivity contribution in [1.29, 1.82) is 0 Å². The summed E-state index contributed by atoms with van der Waals surface area (Å²) in [6, 6.07) is 21.2. The number of nitrogens with zero attached hydrogens (tertiary/aromatic N) is 1. The molecule has 1 heterocycles. The van der Waals surface area contributed by atoms with Gasteiger partial charge in [0.25, 0.3) is 11.8 Å². The van der Waals surface area contributed by atoms with E-state index in [4.69, 9.17) is 21.7 Å². The minimum Gasteiger partial charge on any atom is -0.504 e. The molecule has 1 aliphatic rings. The highest BCUT2D eigenvalue weighted by Crippen LogP contribution is 2.33. The van der Waals surface area contributed by atoms with Crippen LogP contribution in [0.2, 0.25) is 0 Å². The van der Waals surface area contributed by atoms with Crippen molar-refractivity contribution in [3.63, 3.8) is 0 Å². The summed E-state index contributed by atoms with van der Waals surface area (Å²) in [5, 5.41) is 10.9. The van der Waals surface area contributed by atoms with Gasteiger partial charge in [0.2, 0.25) is 0 Å². The van der Waals surface area contributed by atoms with E-state index in [0.29, 0.717) is 40.7 Å². The second-order valence-electron chi connectivity index (χ2n) is 7.42. The van der Waals surface area contributed by atoms with Gasteiger partial charge >= 0.3 is 0 Å². The van der Waals surface area contributed by atoms with E-state index in [1.165, 1.54) is 6.07 Å². The third-order valence-corrected chi connectivity index (χ3v) is 6.26. The Morgan fingerprint density at radius 1 is 1.09 bits per heavy atom. The maximum absolute atomic E-state index is 12.9. The van der Waals surface area contributed by atoms with Gasteiger partial charge in [0.15, 0.2) is 15.8 Å². The number of hydrogen-bond acceptors (Lipinski definition) is 7. The average Bonchev–Trinajstić information content (AvgIpc) is 3.13. The van der Waals surface area contributed by atoms with Crippen LogP contribution in [0.1, 0.15) is 28.4 Å². The van der Waals surface area contributed by atoms with Crippen molar-refractivity contribution in [2.75, 3.05) is 6.61 Å². The first-order valence-corrected chi connectivity index (χ1v) is 12.0. The van der Waals surface area contributed by atoms with E-state index in [-0.39, 0.29) is 10.1 Å². The number of thiocarbonyl (C=S) groups is 1. The average molecular weight is 507 g/mol. The Labute approximate surface area is 212 Å². The van der Waals surface area contributed by atoms with E-state index in [9.17, 15) is 14.7 Å². The Bertz CT molecular complexity index is 1280. The van der Waals surface area contributed by atoms with Gasteiger partial charge in [-0.15, -0.1) is 0 Å². The predicted octanol–water partition coefficient (Wildman–Crippen LogP) is 4.92. The van der Waals surface area contributed by atoms with Crippen molar-refractivity contribution in [2.24, 2.45) is 0 Å². The van der Waals surface area contributed by atoms with Crippen molar-refractivity contribution >= 4 is 46.2 Å². The smallest absolute Gasteiger partial charge is 0.285 e. The Kier molecular flexibility index (Phi) is 7.69. The van der Waals surface area contributed by atoms with Crippen LogP contribution in [0.4, 0.5) is 0 Å². The quantitative estimate of drug-likeness (QED) is 0.331. The lowest BCUT2D eigenvalue weighted by atomic mass is 10.2. The minimum absolute atomic E-state index is 0.0142. The van der Waals surface area contributed by atoms with Gasteiger partial charge in [0.1, 0.15) is 12.4 Å². The molecule has 3 aromatic rings. The number of phenols is 1. The molecule has 0 bridgehead atoms. The van der Waals surface area contributed by atoms with E-state index in [1.54, 1.807) is 42.5 Å². The zero-order valence-electron chi connectivity index (χ0n) is 18.8. The number of aromatic hydroxyl groups is 1. The van der Waals surface area contributed by atoms with Gasteiger partial charge in [-0.2, -0.15) is 5.01 Å². The number of carbonyl (C=O) groups is 2. The number of nitrogens with one attached hydrogen (secondary N) is 1. The summed E-state index contributed by atoms with van der Waals surface area (Å²) in [7, 11) is 0. The zero-order chi connectivity index (χ0) is 24.8. The highest BCUT2D eigenvalue weighted by molar-refractivity contribution is 8.26. The molecular weight excluding hydrogens is 484 g/mol. The largest absolute Gasteiger partial charge is 0.504 e. The monoisotopic (exact) mass is 506 g/mol. The minimum atomic E-state index is -0.472. The lowest BCUT2D eigenvalue weighted by molar-refractivity contribution is -0.123. The standard InChI is InChI=1S/C26H22N2O5S2/c1-2-32-22-14-18(8-13-21(22)29)15-23-25(31)28(26(34)35-23)27-24(30)19-9-11-20(12-10-19)33-16-17-6-4-3-5-7-17/h3-15,29H,2,16H2,1H3,(H,27,30). The van der Waals surface area contributed by atoms with E-state index in [2.05, 4.69) is 5.43 Å². The van der Waals surface area contributed by atoms with Crippen LogP contribution in [-0.2, 0) is 11.4 Å². The molecule has 0 saturated carbocycles. The Balaban J connectivity index is 1.39. The number of phenolic OH excluding ortho intramolecular Hbond substituents is 1. The van der Waals surface area contributed by atoms with Crippen molar-refractivity contribution in [2.45, 2.75) is 13.5 Å². The number of hydrogen-bond donors (Lipinski definition) is 2. The molecular formula is C26H22N2O5S2. The fraction of sp³-hybridized carbons (Fsp3) is 0.115. The van der Waals surface area contributed by atoms with Crippen LogP contribution in [0.3, 0.4) is 0 Å². The molecule has 0 unspecified atom stereocenters. The van der Waals surface area contributed by atoms with E-state index < -0.39 is 11.8 Å². The molecule has 1 aliphatic heterocycles. The van der Waals surface area contributed by atoms with Crippen molar-refractivity contribution in [1.82, 2.24) is 10.4 Å². The first-order valence-electron chi connectivity index (χ1n) is 10.8. The third kappa shape index (κ3) is 6.00. The van der Waals surface area contributed by atoms with Crippen LogP contribution in [0.5, 0.6) is 17.2 Å². The number of ether oxygens (including phenoxy) is 2. The Hall–Kier alpha value is -3.82. The number of rotatable bonds is 8. The van der Waals surface area contributed by atoms with Gasteiger partial charge in [-0.1, -0.05) is 48.2 Å². The second-order valence-corrected chi connectivity index (χ2v) is 9.09. The molecule has 2 amide bonds. The lowest BCUT2D eigenvalue weighted by Crippen LogP contribution is -2.44. The highest BCUT2D eigenvalue weighted by atomic mass is 32.2. The second kappa shape index (κ2) is 11.1. The molecule has 35 heavy (non-hydrogen) atoms. The van der Waals surface area contributed by atoms with Gasteiger partial charge in [-0.3, -0.25) is 15.0 Å². The third-order valence-electron chi connectivity index (χ3n) is 4.95. The molecule has 7 nitrogen and oxygen atoms in total. The molecule has 2 N–H and O–H groups in total. The molecule has 3 aromatic carbocycles. The number of hydrazine groups is 1. The molecule has 1 fully saturated rings. The molecule has 0 aromatic heterocycles. The molecule has 178 valence electrons. The van der Waals surface area contributed by atoms with Crippen LogP contribution in [0, 0.1) is 0 Å².